The highest BCUT2D eigenvalue weighted by atomic mass is 19.4. The van der Waals surface area contributed by atoms with Crippen LogP contribution >= 0.6 is 0 Å². The third-order valence-electron chi connectivity index (χ3n) is 3.30. The van der Waals surface area contributed by atoms with Crippen molar-refractivity contribution in [2.24, 2.45) is 0 Å². The average Bonchev–Trinajstić information content (AvgIpc) is 3.11. The Kier molecular flexibility index (Phi) is 3.75. The number of ketones is 1. The van der Waals surface area contributed by atoms with Gasteiger partial charge >= 0.3 is 6.18 Å². The van der Waals surface area contributed by atoms with E-state index in [1.54, 1.807) is 0 Å². The normalized spacial score (nSPS) is 15.3. The summed E-state index contributed by atoms with van der Waals surface area (Å²) in [5.74, 6) is -1.02. The molecule has 0 atom stereocenters. The van der Waals surface area contributed by atoms with Crippen molar-refractivity contribution in [3.8, 4) is 0 Å². The molecule has 0 spiro atoms. The van der Waals surface area contributed by atoms with Crippen molar-refractivity contribution in [3.05, 3.63) is 29.1 Å². The van der Waals surface area contributed by atoms with E-state index in [0.29, 0.717) is 12.8 Å². The minimum Gasteiger partial charge on any atom is -0.359 e. The van der Waals surface area contributed by atoms with Crippen molar-refractivity contribution in [2.75, 3.05) is 11.4 Å². The van der Waals surface area contributed by atoms with Crippen molar-refractivity contribution in [2.45, 2.75) is 38.9 Å². The summed E-state index contributed by atoms with van der Waals surface area (Å²) in [5, 5.41) is 0. The molecule has 1 saturated carbocycles. The van der Waals surface area contributed by atoms with Gasteiger partial charge in [0.2, 0.25) is 0 Å². The maximum Gasteiger partial charge on any atom is 0.405 e. The van der Waals surface area contributed by atoms with Crippen LogP contribution in [0.15, 0.2) is 12.1 Å². The Balaban J connectivity index is 2.46. The smallest absolute Gasteiger partial charge is 0.359 e. The molecule has 1 aliphatic carbocycles. The molecule has 0 heterocycles. The van der Waals surface area contributed by atoms with Crippen molar-refractivity contribution in [1.82, 2.24) is 0 Å². The van der Waals surface area contributed by atoms with Gasteiger partial charge in [-0.15, -0.1) is 0 Å². The van der Waals surface area contributed by atoms with Gasteiger partial charge in [-0.25, -0.2) is 4.39 Å². The minimum atomic E-state index is -4.36. The molecule has 0 aliphatic heterocycles. The number of rotatable bonds is 4. The number of benzene rings is 1. The third kappa shape index (κ3) is 3.29. The van der Waals surface area contributed by atoms with Crippen molar-refractivity contribution in [1.29, 1.82) is 0 Å². The maximum atomic E-state index is 13.5. The predicted octanol–water partition coefficient (Wildman–Crippen LogP) is 3.87. The monoisotopic (exact) mass is 289 g/mol. The van der Waals surface area contributed by atoms with Crippen molar-refractivity contribution in [3.63, 3.8) is 0 Å². The summed E-state index contributed by atoms with van der Waals surface area (Å²) in [5.41, 5.74) is 0.415. The van der Waals surface area contributed by atoms with Gasteiger partial charge in [-0.1, -0.05) is 0 Å². The van der Waals surface area contributed by atoms with Crippen LogP contribution in [-0.2, 0) is 0 Å². The molecule has 2 rings (SSSR count). The van der Waals surface area contributed by atoms with Gasteiger partial charge in [-0.2, -0.15) is 13.2 Å². The minimum absolute atomic E-state index is 0.00394. The molecule has 1 aliphatic rings. The lowest BCUT2D eigenvalue weighted by molar-refractivity contribution is -0.120. The molecule has 0 bridgehead atoms. The first-order valence-electron chi connectivity index (χ1n) is 6.33. The van der Waals surface area contributed by atoms with Crippen molar-refractivity contribution < 1.29 is 22.4 Å². The summed E-state index contributed by atoms with van der Waals surface area (Å²) in [7, 11) is 0. The second-order valence-corrected chi connectivity index (χ2v) is 5.15. The molecule has 0 amide bonds. The summed E-state index contributed by atoms with van der Waals surface area (Å²) in [6, 6.07) is 2.13. The van der Waals surface area contributed by atoms with E-state index in [0.717, 1.165) is 6.07 Å². The first kappa shape index (κ1) is 14.8. The molecule has 0 radical (unpaired) electrons. The number of carbonyl (C=O) groups is 1. The number of halogens is 4. The second kappa shape index (κ2) is 5.07. The fourth-order valence-corrected chi connectivity index (χ4v) is 2.18. The number of hydrogen-bond donors (Lipinski definition) is 0. The van der Waals surface area contributed by atoms with Gasteiger partial charge in [-0.3, -0.25) is 4.79 Å². The fourth-order valence-electron chi connectivity index (χ4n) is 2.18. The molecule has 1 fully saturated rings. The zero-order valence-corrected chi connectivity index (χ0v) is 11.2. The van der Waals surface area contributed by atoms with Gasteiger partial charge in [0.25, 0.3) is 0 Å². The summed E-state index contributed by atoms with van der Waals surface area (Å²) in [4.78, 5) is 12.7. The fraction of sp³-hybridized carbons (Fsp3) is 0.500. The highest BCUT2D eigenvalue weighted by Crippen LogP contribution is 2.37. The zero-order valence-electron chi connectivity index (χ0n) is 11.2. The topological polar surface area (TPSA) is 20.3 Å². The lowest BCUT2D eigenvalue weighted by Crippen LogP contribution is -2.37. The Morgan fingerprint density at radius 2 is 1.95 bits per heavy atom. The zero-order chi connectivity index (χ0) is 15.1. The van der Waals surface area contributed by atoms with E-state index in [2.05, 4.69) is 0 Å². The Bertz CT molecular complexity index is 535. The molecule has 0 N–H and O–H groups in total. The predicted molar refractivity (Wildman–Crippen MR) is 67.6 cm³/mol. The van der Waals surface area contributed by atoms with Crippen molar-refractivity contribution >= 4 is 11.5 Å². The average molecular weight is 289 g/mol. The number of alkyl halides is 3. The molecule has 6 heteroatoms. The van der Waals surface area contributed by atoms with Crippen LogP contribution in [0.3, 0.4) is 0 Å². The van der Waals surface area contributed by atoms with Crippen LogP contribution in [0.1, 0.15) is 35.7 Å². The number of hydrogen-bond acceptors (Lipinski definition) is 2. The molecule has 2 nitrogen and oxygen atoms in total. The molecular weight excluding hydrogens is 274 g/mol. The summed E-state index contributed by atoms with van der Waals surface area (Å²) in [6.07, 6.45) is -3.05. The molecule has 1 aromatic carbocycles. The Morgan fingerprint density at radius 1 is 1.35 bits per heavy atom. The highest BCUT2D eigenvalue weighted by Gasteiger charge is 2.39. The highest BCUT2D eigenvalue weighted by molar-refractivity contribution is 6.00. The van der Waals surface area contributed by atoms with Gasteiger partial charge < -0.3 is 4.90 Å². The quantitative estimate of drug-likeness (QED) is 0.619. The number of carbonyl (C=O) groups excluding carboxylic acids is 1. The lowest BCUT2D eigenvalue weighted by Gasteiger charge is -2.28. The lowest BCUT2D eigenvalue weighted by atomic mass is 10.0. The third-order valence-corrected chi connectivity index (χ3v) is 3.30. The standard InChI is InChI=1S/C14H15F4NO/c1-8-5-13(11(9(2)20)6-12(8)15)19(10-3-4-10)7-14(16,17)18/h5-6,10H,3-4,7H2,1-2H3. The van der Waals surface area contributed by atoms with Gasteiger partial charge in [-0.05, 0) is 44.4 Å². The van der Waals surface area contributed by atoms with Crippen LogP contribution in [-0.4, -0.2) is 24.5 Å². The molecule has 0 aromatic heterocycles. The van der Waals surface area contributed by atoms with E-state index in [4.69, 9.17) is 0 Å². The molecule has 1 aromatic rings. The SMILES string of the molecule is CC(=O)c1cc(F)c(C)cc1N(CC(F)(F)F)C1CC1. The van der Waals surface area contributed by atoms with Crippen LogP contribution in [0, 0.1) is 12.7 Å². The molecule has 110 valence electrons. The summed E-state index contributed by atoms with van der Waals surface area (Å²) in [6.45, 7) is 1.58. The Hall–Kier alpha value is -1.59. The molecule has 0 unspecified atom stereocenters. The van der Waals surface area contributed by atoms with E-state index in [9.17, 15) is 22.4 Å². The van der Waals surface area contributed by atoms with Crippen LogP contribution in [0.25, 0.3) is 0 Å². The van der Waals surface area contributed by atoms with Crippen LogP contribution < -0.4 is 4.90 Å². The molecule has 20 heavy (non-hydrogen) atoms. The van der Waals surface area contributed by atoms with E-state index in [1.807, 2.05) is 0 Å². The van der Waals surface area contributed by atoms with Gasteiger partial charge in [0.1, 0.15) is 12.4 Å². The van der Waals surface area contributed by atoms with Crippen LogP contribution in [0.4, 0.5) is 23.2 Å². The van der Waals surface area contributed by atoms with E-state index in [1.165, 1.54) is 24.8 Å². The maximum absolute atomic E-state index is 13.5. The number of anilines is 1. The van der Waals surface area contributed by atoms with Crippen LogP contribution in [0.2, 0.25) is 0 Å². The number of aryl methyl sites for hydroxylation is 1. The van der Waals surface area contributed by atoms with E-state index >= 15 is 0 Å². The molecule has 0 saturated heterocycles. The largest absolute Gasteiger partial charge is 0.405 e. The number of nitrogens with zero attached hydrogens (tertiary/aromatic N) is 1. The summed E-state index contributed by atoms with van der Waals surface area (Å²) >= 11 is 0. The van der Waals surface area contributed by atoms with E-state index < -0.39 is 24.3 Å². The second-order valence-electron chi connectivity index (χ2n) is 5.15. The Morgan fingerprint density at radius 3 is 2.40 bits per heavy atom. The van der Waals surface area contributed by atoms with Gasteiger partial charge in [0.15, 0.2) is 5.78 Å². The van der Waals surface area contributed by atoms with Gasteiger partial charge in [0, 0.05) is 17.3 Å². The van der Waals surface area contributed by atoms with Crippen LogP contribution in [0.5, 0.6) is 0 Å². The first-order chi connectivity index (χ1) is 9.19. The number of Topliss-reactive ketones (excluding diaryl/α,β-unsaturated/α-hetero) is 1. The first-order valence-corrected chi connectivity index (χ1v) is 6.33. The van der Waals surface area contributed by atoms with Gasteiger partial charge in [0.05, 0.1) is 0 Å². The molecular formula is C14H15F4NO. The summed E-state index contributed by atoms with van der Waals surface area (Å²) < 4.78 is 51.6. The Labute approximate surface area is 114 Å². The van der Waals surface area contributed by atoms with E-state index in [-0.39, 0.29) is 22.9 Å².